The summed E-state index contributed by atoms with van der Waals surface area (Å²) in [7, 11) is 2.35. The van der Waals surface area contributed by atoms with E-state index in [1.807, 2.05) is 0 Å². The molecule has 0 radical (unpaired) electrons. The molecular weight excluding hydrogens is 314 g/mol. The van der Waals surface area contributed by atoms with Gasteiger partial charge < -0.3 is 16.9 Å². The highest BCUT2D eigenvalue weighted by Crippen LogP contribution is 2.21. The van der Waals surface area contributed by atoms with Gasteiger partial charge in [0.25, 0.3) is 0 Å². The largest absolute Gasteiger partial charge is 1.00 e. The van der Waals surface area contributed by atoms with E-state index >= 15 is 0 Å². The molecule has 0 N–H and O–H groups in total. The molecule has 0 saturated carbocycles. The zero-order valence-electron chi connectivity index (χ0n) is 14.1. The Balaban J connectivity index is 0.00000208. The Labute approximate surface area is 151 Å². The van der Waals surface area contributed by atoms with Crippen molar-refractivity contribution in [1.29, 1.82) is 0 Å². The Bertz CT molecular complexity index is 609. The molecular formula is C22H24ClN. The second kappa shape index (κ2) is 8.68. The molecule has 1 nitrogen and oxygen atoms in total. The summed E-state index contributed by atoms with van der Waals surface area (Å²) in [5.74, 6) is 0. The average molecular weight is 338 g/mol. The molecule has 124 valence electrons. The number of benzene rings is 3. The topological polar surface area (TPSA) is 0 Å². The van der Waals surface area contributed by atoms with Crippen LogP contribution in [-0.2, 0) is 19.6 Å². The van der Waals surface area contributed by atoms with Crippen LogP contribution in [0.25, 0.3) is 0 Å². The van der Waals surface area contributed by atoms with Crippen molar-refractivity contribution < 1.29 is 16.9 Å². The van der Waals surface area contributed by atoms with Crippen molar-refractivity contribution in [2.24, 2.45) is 0 Å². The van der Waals surface area contributed by atoms with E-state index in [1.54, 1.807) is 0 Å². The number of quaternary nitrogens is 1. The Hall–Kier alpha value is -2.09. The zero-order valence-corrected chi connectivity index (χ0v) is 14.9. The summed E-state index contributed by atoms with van der Waals surface area (Å²) in [6.07, 6.45) is 0. The third kappa shape index (κ3) is 5.23. The van der Waals surface area contributed by atoms with Crippen molar-refractivity contribution in [2.45, 2.75) is 19.6 Å². The van der Waals surface area contributed by atoms with E-state index in [4.69, 9.17) is 0 Å². The lowest BCUT2D eigenvalue weighted by Gasteiger charge is -2.35. The first-order valence-electron chi connectivity index (χ1n) is 8.19. The van der Waals surface area contributed by atoms with Gasteiger partial charge in [0, 0.05) is 16.7 Å². The van der Waals surface area contributed by atoms with Gasteiger partial charge in [-0.25, -0.2) is 0 Å². The summed E-state index contributed by atoms with van der Waals surface area (Å²) in [6, 6.07) is 32.4. The Morgan fingerprint density at radius 2 is 0.750 bits per heavy atom. The molecule has 0 bridgehead atoms. The SMILES string of the molecule is C[N+](Cc1ccccc1)(Cc1ccccc1)Cc1ccccc1.[Cl-]. The highest BCUT2D eigenvalue weighted by Gasteiger charge is 2.23. The van der Waals surface area contributed by atoms with E-state index < -0.39 is 0 Å². The first-order chi connectivity index (χ1) is 11.2. The quantitative estimate of drug-likeness (QED) is 0.604. The second-order valence-electron chi connectivity index (χ2n) is 6.55. The summed E-state index contributed by atoms with van der Waals surface area (Å²) in [6.45, 7) is 3.10. The standard InChI is InChI=1S/C22H24N.ClH/c1-23(17-20-11-5-2-6-12-20,18-21-13-7-3-8-14-21)19-22-15-9-4-10-16-22;/h2-16H,17-19H2,1H3;1H/q+1;/p-1. The van der Waals surface area contributed by atoms with Crippen LogP contribution in [0.15, 0.2) is 91.0 Å². The molecule has 0 fully saturated rings. The molecule has 0 unspecified atom stereocenters. The van der Waals surface area contributed by atoms with Crippen LogP contribution in [0.4, 0.5) is 0 Å². The molecule has 3 rings (SSSR count). The van der Waals surface area contributed by atoms with E-state index in [0.717, 1.165) is 24.1 Å². The van der Waals surface area contributed by atoms with E-state index in [2.05, 4.69) is 98.0 Å². The minimum absolute atomic E-state index is 0. The van der Waals surface area contributed by atoms with Crippen LogP contribution in [0.2, 0.25) is 0 Å². The van der Waals surface area contributed by atoms with Crippen molar-refractivity contribution in [3.05, 3.63) is 108 Å². The summed E-state index contributed by atoms with van der Waals surface area (Å²) in [4.78, 5) is 0. The van der Waals surface area contributed by atoms with Crippen molar-refractivity contribution in [3.8, 4) is 0 Å². The third-order valence-electron chi connectivity index (χ3n) is 4.22. The Morgan fingerprint density at radius 1 is 0.500 bits per heavy atom. The molecule has 0 amide bonds. The Kier molecular flexibility index (Phi) is 6.60. The molecule has 0 aliphatic carbocycles. The van der Waals surface area contributed by atoms with Gasteiger partial charge in [0.2, 0.25) is 0 Å². The van der Waals surface area contributed by atoms with Gasteiger partial charge in [-0.15, -0.1) is 0 Å². The normalized spacial score (nSPS) is 10.9. The number of halogens is 1. The number of nitrogens with zero attached hydrogens (tertiary/aromatic N) is 1. The minimum Gasteiger partial charge on any atom is -1.00 e. The maximum atomic E-state index is 2.35. The van der Waals surface area contributed by atoms with Crippen molar-refractivity contribution in [1.82, 2.24) is 0 Å². The van der Waals surface area contributed by atoms with E-state index in [1.165, 1.54) is 16.7 Å². The van der Waals surface area contributed by atoms with Crippen LogP contribution in [0.1, 0.15) is 16.7 Å². The van der Waals surface area contributed by atoms with Crippen LogP contribution in [0.5, 0.6) is 0 Å². The van der Waals surface area contributed by atoms with E-state index in [9.17, 15) is 0 Å². The van der Waals surface area contributed by atoms with Crippen molar-refractivity contribution >= 4 is 0 Å². The molecule has 0 heterocycles. The van der Waals surface area contributed by atoms with Crippen molar-refractivity contribution in [3.63, 3.8) is 0 Å². The molecule has 0 spiro atoms. The second-order valence-corrected chi connectivity index (χ2v) is 6.55. The van der Waals surface area contributed by atoms with Gasteiger partial charge >= 0.3 is 0 Å². The van der Waals surface area contributed by atoms with Crippen molar-refractivity contribution in [2.75, 3.05) is 7.05 Å². The Morgan fingerprint density at radius 3 is 1.00 bits per heavy atom. The molecule has 0 saturated heterocycles. The highest BCUT2D eigenvalue weighted by atomic mass is 35.5. The average Bonchev–Trinajstić information content (AvgIpc) is 2.57. The first kappa shape index (κ1) is 18.3. The molecule has 0 aliphatic rings. The summed E-state index contributed by atoms with van der Waals surface area (Å²) in [5, 5.41) is 0. The summed E-state index contributed by atoms with van der Waals surface area (Å²) in [5.41, 5.74) is 4.17. The molecule has 3 aromatic rings. The number of hydrogen-bond acceptors (Lipinski definition) is 0. The smallest absolute Gasteiger partial charge is 0.105 e. The fourth-order valence-corrected chi connectivity index (χ4v) is 3.24. The molecule has 0 aromatic heterocycles. The maximum Gasteiger partial charge on any atom is 0.105 e. The van der Waals surface area contributed by atoms with Crippen LogP contribution in [0.3, 0.4) is 0 Å². The van der Waals surface area contributed by atoms with Gasteiger partial charge in [-0.3, -0.25) is 0 Å². The predicted octanol–water partition coefficient (Wildman–Crippen LogP) is 2.04. The fraction of sp³-hybridized carbons (Fsp3) is 0.182. The van der Waals surface area contributed by atoms with Crippen LogP contribution >= 0.6 is 0 Å². The summed E-state index contributed by atoms with van der Waals surface area (Å²) < 4.78 is 0.970. The predicted molar refractivity (Wildman–Crippen MR) is 96.6 cm³/mol. The molecule has 3 aromatic carbocycles. The lowest BCUT2D eigenvalue weighted by atomic mass is 10.1. The lowest BCUT2D eigenvalue weighted by Crippen LogP contribution is -3.00. The van der Waals surface area contributed by atoms with Gasteiger partial charge in [-0.1, -0.05) is 91.0 Å². The van der Waals surface area contributed by atoms with Gasteiger partial charge in [0.15, 0.2) is 0 Å². The molecule has 0 aliphatic heterocycles. The van der Waals surface area contributed by atoms with Crippen LogP contribution < -0.4 is 12.4 Å². The molecule has 0 atom stereocenters. The van der Waals surface area contributed by atoms with E-state index in [0.29, 0.717) is 0 Å². The van der Waals surface area contributed by atoms with E-state index in [-0.39, 0.29) is 12.4 Å². The van der Waals surface area contributed by atoms with Gasteiger partial charge in [-0.2, -0.15) is 0 Å². The maximum absolute atomic E-state index is 2.35. The van der Waals surface area contributed by atoms with Gasteiger partial charge in [-0.05, 0) is 0 Å². The molecule has 2 heteroatoms. The zero-order chi connectivity index (χ0) is 16.0. The summed E-state index contributed by atoms with van der Waals surface area (Å²) >= 11 is 0. The number of hydrogen-bond donors (Lipinski definition) is 0. The van der Waals surface area contributed by atoms with Gasteiger partial charge in [0.05, 0.1) is 7.05 Å². The van der Waals surface area contributed by atoms with Crippen LogP contribution in [-0.4, -0.2) is 11.5 Å². The minimum atomic E-state index is 0. The first-order valence-corrected chi connectivity index (χ1v) is 8.19. The monoisotopic (exact) mass is 337 g/mol. The lowest BCUT2D eigenvalue weighted by molar-refractivity contribution is -0.948. The molecule has 24 heavy (non-hydrogen) atoms. The fourth-order valence-electron chi connectivity index (χ4n) is 3.24. The number of rotatable bonds is 6. The van der Waals surface area contributed by atoms with Gasteiger partial charge in [0.1, 0.15) is 19.6 Å². The van der Waals surface area contributed by atoms with Crippen LogP contribution in [0, 0.1) is 0 Å². The highest BCUT2D eigenvalue weighted by molar-refractivity contribution is 5.17. The third-order valence-corrected chi connectivity index (χ3v) is 4.22.